The van der Waals surface area contributed by atoms with Crippen LogP contribution in [0.15, 0.2) is 12.3 Å². The fraction of sp³-hybridized carbons (Fsp3) is 0.727. The van der Waals surface area contributed by atoms with Crippen molar-refractivity contribution in [2.45, 2.75) is 52.2 Å². The van der Waals surface area contributed by atoms with Crippen LogP contribution in [0.4, 0.5) is 4.79 Å². The Hall–Kier alpha value is -1.59. The van der Waals surface area contributed by atoms with Gasteiger partial charge in [-0.1, -0.05) is 0 Å². The second-order valence-corrected chi connectivity index (χ2v) is 5.39. The van der Waals surface area contributed by atoms with Crippen molar-refractivity contribution in [3.8, 4) is 0 Å². The lowest BCUT2D eigenvalue weighted by Gasteiger charge is -2.27. The van der Waals surface area contributed by atoms with E-state index < -0.39 is 22.2 Å². The van der Waals surface area contributed by atoms with Crippen molar-refractivity contribution in [3.05, 3.63) is 22.4 Å². The van der Waals surface area contributed by atoms with Gasteiger partial charge in [-0.2, -0.15) is 0 Å². The van der Waals surface area contributed by atoms with E-state index in [-0.39, 0.29) is 0 Å². The molecule has 0 aromatic carbocycles. The molecule has 0 radical (unpaired) electrons. The minimum atomic E-state index is -0.588. The molecule has 1 amide bonds. The summed E-state index contributed by atoms with van der Waals surface area (Å²) in [5, 5.41) is 12.8. The molecule has 0 aromatic rings. The Kier molecular flexibility index (Phi) is 5.12. The van der Waals surface area contributed by atoms with Gasteiger partial charge in [-0.05, 0) is 47.1 Å². The van der Waals surface area contributed by atoms with Crippen LogP contribution < -0.4 is 5.32 Å². The monoisotopic (exact) mass is 244 g/mol. The third-order valence-corrected chi connectivity index (χ3v) is 1.69. The summed E-state index contributed by atoms with van der Waals surface area (Å²) in [5.74, 6) is 0. The molecule has 0 rings (SSSR count). The Morgan fingerprint density at radius 2 is 1.88 bits per heavy atom. The average Bonchev–Trinajstić information content (AvgIpc) is 1.96. The van der Waals surface area contributed by atoms with E-state index in [9.17, 15) is 14.9 Å². The summed E-state index contributed by atoms with van der Waals surface area (Å²) in [5.41, 5.74) is -1.15. The molecule has 0 saturated carbocycles. The lowest BCUT2D eigenvalue weighted by Crippen LogP contribution is -2.45. The number of ether oxygens (including phenoxy) is 1. The molecule has 17 heavy (non-hydrogen) atoms. The second kappa shape index (κ2) is 5.65. The molecule has 0 aliphatic carbocycles. The minimum Gasteiger partial charge on any atom is -0.444 e. The normalized spacial score (nSPS) is 12.5. The molecule has 0 aliphatic rings. The maximum Gasteiger partial charge on any atom is 0.408 e. The minimum absolute atomic E-state index is 0.354. The zero-order valence-electron chi connectivity index (χ0n) is 10.9. The first-order chi connectivity index (χ1) is 7.52. The van der Waals surface area contributed by atoms with Crippen LogP contribution in [-0.2, 0) is 4.74 Å². The molecule has 0 spiro atoms. The molecular formula is C11H20N2O4. The van der Waals surface area contributed by atoms with Crippen LogP contribution in [-0.4, -0.2) is 22.2 Å². The predicted molar refractivity (Wildman–Crippen MR) is 64.2 cm³/mol. The van der Waals surface area contributed by atoms with Crippen LogP contribution in [0.3, 0.4) is 0 Å². The van der Waals surface area contributed by atoms with Gasteiger partial charge in [0.1, 0.15) is 5.60 Å². The smallest absolute Gasteiger partial charge is 0.408 e. The molecular weight excluding hydrogens is 224 g/mol. The highest BCUT2D eigenvalue weighted by molar-refractivity contribution is 5.68. The molecule has 0 heterocycles. The van der Waals surface area contributed by atoms with Gasteiger partial charge in [-0.3, -0.25) is 10.1 Å². The maximum atomic E-state index is 11.5. The van der Waals surface area contributed by atoms with E-state index in [0.29, 0.717) is 6.42 Å². The van der Waals surface area contributed by atoms with Gasteiger partial charge in [-0.15, -0.1) is 0 Å². The van der Waals surface area contributed by atoms with Crippen molar-refractivity contribution < 1.29 is 14.5 Å². The lowest BCUT2D eigenvalue weighted by molar-refractivity contribution is -0.402. The zero-order chi connectivity index (χ0) is 13.7. The van der Waals surface area contributed by atoms with Crippen molar-refractivity contribution >= 4 is 6.09 Å². The zero-order valence-corrected chi connectivity index (χ0v) is 10.9. The Balaban J connectivity index is 4.25. The molecule has 1 N–H and O–H groups in total. The van der Waals surface area contributed by atoms with Crippen LogP contribution in [0.2, 0.25) is 0 Å². The molecule has 6 nitrogen and oxygen atoms in total. The van der Waals surface area contributed by atoms with Crippen molar-refractivity contribution in [2.75, 3.05) is 0 Å². The molecule has 0 bridgehead atoms. The van der Waals surface area contributed by atoms with Crippen molar-refractivity contribution in [1.29, 1.82) is 0 Å². The molecule has 0 unspecified atom stereocenters. The Bertz CT molecular complexity index is 316. The second-order valence-electron chi connectivity index (χ2n) is 5.39. The predicted octanol–water partition coefficient (Wildman–Crippen LogP) is 2.47. The fourth-order valence-electron chi connectivity index (χ4n) is 1.06. The molecule has 0 saturated heterocycles. The first kappa shape index (κ1) is 15.4. The highest BCUT2D eigenvalue weighted by atomic mass is 16.6. The molecule has 0 aliphatic heterocycles. The SMILES string of the molecule is CC(C)(C/C=C/[N+](=O)[O-])NC(=O)OC(C)(C)C. The molecule has 0 atom stereocenters. The van der Waals surface area contributed by atoms with Gasteiger partial charge < -0.3 is 10.1 Å². The van der Waals surface area contributed by atoms with Gasteiger partial charge in [-0.25, -0.2) is 4.79 Å². The van der Waals surface area contributed by atoms with Gasteiger partial charge in [0.05, 0.1) is 4.92 Å². The number of rotatable bonds is 4. The summed E-state index contributed by atoms with van der Waals surface area (Å²) in [6.45, 7) is 8.84. The number of nitro groups is 1. The highest BCUT2D eigenvalue weighted by Gasteiger charge is 2.23. The van der Waals surface area contributed by atoms with Gasteiger partial charge in [0.2, 0.25) is 6.20 Å². The van der Waals surface area contributed by atoms with Crippen molar-refractivity contribution in [1.82, 2.24) is 5.32 Å². The molecule has 0 aromatic heterocycles. The molecule has 0 fully saturated rings. The number of carbonyl (C=O) groups is 1. The van der Waals surface area contributed by atoms with Crippen LogP contribution in [0.1, 0.15) is 41.0 Å². The number of nitrogens with one attached hydrogen (secondary N) is 1. The lowest BCUT2D eigenvalue weighted by atomic mass is 10.0. The summed E-state index contributed by atoms with van der Waals surface area (Å²) in [6, 6.07) is 0. The van der Waals surface area contributed by atoms with Gasteiger partial charge in [0.25, 0.3) is 0 Å². The summed E-state index contributed by atoms with van der Waals surface area (Å²) >= 11 is 0. The largest absolute Gasteiger partial charge is 0.444 e. The van der Waals surface area contributed by atoms with E-state index in [1.54, 1.807) is 34.6 Å². The van der Waals surface area contributed by atoms with Gasteiger partial charge in [0, 0.05) is 5.54 Å². The third-order valence-electron chi connectivity index (χ3n) is 1.69. The van der Waals surface area contributed by atoms with Crippen LogP contribution in [0, 0.1) is 10.1 Å². The van der Waals surface area contributed by atoms with Crippen molar-refractivity contribution in [2.24, 2.45) is 0 Å². The number of hydrogen-bond acceptors (Lipinski definition) is 4. The van der Waals surface area contributed by atoms with Gasteiger partial charge in [0.15, 0.2) is 0 Å². The fourth-order valence-corrected chi connectivity index (χ4v) is 1.06. The number of amides is 1. The van der Waals surface area contributed by atoms with Crippen LogP contribution in [0.5, 0.6) is 0 Å². The van der Waals surface area contributed by atoms with E-state index in [1.807, 2.05) is 0 Å². The number of carbonyl (C=O) groups excluding carboxylic acids is 1. The summed E-state index contributed by atoms with van der Waals surface area (Å²) in [7, 11) is 0. The molecule has 6 heteroatoms. The van der Waals surface area contributed by atoms with E-state index in [0.717, 1.165) is 6.20 Å². The maximum absolute atomic E-state index is 11.5. The first-order valence-electron chi connectivity index (χ1n) is 5.33. The van der Waals surface area contributed by atoms with Crippen LogP contribution in [0.25, 0.3) is 0 Å². The first-order valence-corrected chi connectivity index (χ1v) is 5.33. The number of alkyl carbamates (subject to hydrolysis) is 1. The van der Waals surface area contributed by atoms with E-state index in [4.69, 9.17) is 4.74 Å². The summed E-state index contributed by atoms with van der Waals surface area (Å²) in [6.07, 6.45) is 2.08. The van der Waals surface area contributed by atoms with Gasteiger partial charge >= 0.3 is 6.09 Å². The summed E-state index contributed by atoms with van der Waals surface area (Å²) < 4.78 is 5.09. The van der Waals surface area contributed by atoms with Crippen LogP contribution >= 0.6 is 0 Å². The van der Waals surface area contributed by atoms with E-state index in [1.165, 1.54) is 6.08 Å². The number of nitrogens with zero attached hydrogens (tertiary/aromatic N) is 1. The Morgan fingerprint density at radius 1 is 1.35 bits per heavy atom. The quantitative estimate of drug-likeness (QED) is 0.608. The Labute approximate surface area is 101 Å². The van der Waals surface area contributed by atoms with E-state index in [2.05, 4.69) is 5.32 Å². The topological polar surface area (TPSA) is 81.5 Å². The number of hydrogen-bond donors (Lipinski definition) is 1. The Morgan fingerprint density at radius 3 is 2.29 bits per heavy atom. The average molecular weight is 244 g/mol. The standard InChI is InChI=1S/C11H20N2O4/c1-10(2,3)17-9(14)12-11(4,5)7-6-8-13(15)16/h6,8H,7H2,1-5H3,(H,12,14)/b8-6+. The molecule has 98 valence electrons. The van der Waals surface area contributed by atoms with Crippen molar-refractivity contribution in [3.63, 3.8) is 0 Å². The summed E-state index contributed by atoms with van der Waals surface area (Å²) in [4.78, 5) is 21.0. The van der Waals surface area contributed by atoms with E-state index >= 15 is 0 Å². The highest BCUT2D eigenvalue weighted by Crippen LogP contribution is 2.12. The third kappa shape index (κ3) is 9.35.